The fourth-order valence-electron chi connectivity index (χ4n) is 1.58. The molecule has 5 heteroatoms. The van der Waals surface area contributed by atoms with E-state index in [9.17, 15) is 0 Å². The van der Waals surface area contributed by atoms with Crippen LogP contribution >= 0.6 is 23.4 Å². The van der Waals surface area contributed by atoms with Crippen molar-refractivity contribution in [3.8, 4) is 0 Å². The van der Waals surface area contributed by atoms with E-state index in [1.165, 1.54) is 11.8 Å². The highest BCUT2D eigenvalue weighted by molar-refractivity contribution is 7.99. The standard InChI is InChI=1S/C13H12ClN3S/c1-8-5-6-17-13(11(8)12(15)16)18-10-4-2-3-9(14)7-10/h2-7H,1H3,(H3,15,16). The Kier molecular flexibility index (Phi) is 3.89. The van der Waals surface area contributed by atoms with Gasteiger partial charge in [-0.3, -0.25) is 5.41 Å². The summed E-state index contributed by atoms with van der Waals surface area (Å²) in [6, 6.07) is 9.36. The van der Waals surface area contributed by atoms with Gasteiger partial charge < -0.3 is 5.73 Å². The number of halogens is 1. The molecule has 0 aliphatic carbocycles. The van der Waals surface area contributed by atoms with Crippen LogP contribution in [0.15, 0.2) is 46.5 Å². The number of pyridine rings is 1. The van der Waals surface area contributed by atoms with Crippen molar-refractivity contribution < 1.29 is 0 Å². The lowest BCUT2D eigenvalue weighted by Crippen LogP contribution is -2.14. The molecule has 1 aromatic carbocycles. The first kappa shape index (κ1) is 12.9. The Hall–Kier alpha value is -1.52. The van der Waals surface area contributed by atoms with Gasteiger partial charge in [0.25, 0.3) is 0 Å². The molecule has 2 aromatic rings. The number of benzene rings is 1. The number of aryl methyl sites for hydroxylation is 1. The van der Waals surface area contributed by atoms with Gasteiger partial charge in [0.2, 0.25) is 0 Å². The van der Waals surface area contributed by atoms with Crippen LogP contribution in [0.2, 0.25) is 5.02 Å². The number of amidine groups is 1. The minimum absolute atomic E-state index is 0.0325. The zero-order valence-corrected chi connectivity index (χ0v) is 11.3. The predicted molar refractivity (Wildman–Crippen MR) is 75.6 cm³/mol. The summed E-state index contributed by atoms with van der Waals surface area (Å²) in [4.78, 5) is 5.26. The van der Waals surface area contributed by atoms with Crippen molar-refractivity contribution in [3.05, 3.63) is 52.7 Å². The average Bonchev–Trinajstić information content (AvgIpc) is 2.28. The molecular weight excluding hydrogens is 266 g/mol. The monoisotopic (exact) mass is 277 g/mol. The van der Waals surface area contributed by atoms with E-state index in [1.807, 2.05) is 37.3 Å². The molecule has 2 rings (SSSR count). The molecule has 1 heterocycles. The molecule has 0 unspecified atom stereocenters. The van der Waals surface area contributed by atoms with Crippen LogP contribution in [0.4, 0.5) is 0 Å². The van der Waals surface area contributed by atoms with Crippen LogP contribution in [0.25, 0.3) is 0 Å². The number of hydrogen-bond donors (Lipinski definition) is 2. The van der Waals surface area contributed by atoms with Crippen LogP contribution in [0, 0.1) is 12.3 Å². The molecule has 0 aliphatic rings. The topological polar surface area (TPSA) is 62.8 Å². The van der Waals surface area contributed by atoms with Gasteiger partial charge in [0.15, 0.2) is 0 Å². The number of nitrogen functional groups attached to an aromatic ring is 1. The summed E-state index contributed by atoms with van der Waals surface area (Å²) in [5.74, 6) is 0.0325. The van der Waals surface area contributed by atoms with E-state index in [4.69, 9.17) is 22.7 Å². The molecule has 0 saturated heterocycles. The number of nitrogens with zero attached hydrogens (tertiary/aromatic N) is 1. The molecule has 3 nitrogen and oxygen atoms in total. The Balaban J connectivity index is 2.40. The lowest BCUT2D eigenvalue weighted by Gasteiger charge is -2.09. The number of hydrogen-bond acceptors (Lipinski definition) is 3. The van der Waals surface area contributed by atoms with E-state index in [0.717, 1.165) is 15.5 Å². The molecule has 0 aliphatic heterocycles. The second-order valence-electron chi connectivity index (χ2n) is 3.78. The number of rotatable bonds is 3. The van der Waals surface area contributed by atoms with Gasteiger partial charge in [0.1, 0.15) is 10.9 Å². The lowest BCUT2D eigenvalue weighted by molar-refractivity contribution is 1.09. The Bertz CT molecular complexity index is 599. The summed E-state index contributed by atoms with van der Waals surface area (Å²) in [6.45, 7) is 1.92. The summed E-state index contributed by atoms with van der Waals surface area (Å²) in [7, 11) is 0. The van der Waals surface area contributed by atoms with Gasteiger partial charge >= 0.3 is 0 Å². The first-order chi connectivity index (χ1) is 8.58. The van der Waals surface area contributed by atoms with Crippen LogP contribution in [-0.4, -0.2) is 10.8 Å². The maximum atomic E-state index is 7.62. The molecule has 0 spiro atoms. The normalized spacial score (nSPS) is 10.3. The fraction of sp³-hybridized carbons (Fsp3) is 0.0769. The van der Waals surface area contributed by atoms with Gasteiger partial charge in [-0.15, -0.1) is 0 Å². The molecule has 0 bridgehead atoms. The molecule has 3 N–H and O–H groups in total. The Morgan fingerprint density at radius 3 is 2.83 bits per heavy atom. The summed E-state index contributed by atoms with van der Waals surface area (Å²) in [6.07, 6.45) is 1.72. The van der Waals surface area contributed by atoms with Crippen molar-refractivity contribution >= 4 is 29.2 Å². The minimum Gasteiger partial charge on any atom is -0.384 e. The number of nitrogens with one attached hydrogen (secondary N) is 1. The SMILES string of the molecule is Cc1ccnc(Sc2cccc(Cl)c2)c1C(=N)N. The fourth-order valence-corrected chi connectivity index (χ4v) is 2.88. The molecule has 92 valence electrons. The van der Waals surface area contributed by atoms with E-state index in [0.29, 0.717) is 10.6 Å². The van der Waals surface area contributed by atoms with Gasteiger partial charge in [0, 0.05) is 16.1 Å². The van der Waals surface area contributed by atoms with Crippen molar-refractivity contribution in [2.75, 3.05) is 0 Å². The largest absolute Gasteiger partial charge is 0.384 e. The second-order valence-corrected chi connectivity index (χ2v) is 5.28. The van der Waals surface area contributed by atoms with Crippen LogP contribution in [-0.2, 0) is 0 Å². The predicted octanol–water partition coefficient (Wildman–Crippen LogP) is 3.48. The molecular formula is C13H12ClN3S. The van der Waals surface area contributed by atoms with Crippen molar-refractivity contribution in [1.82, 2.24) is 4.98 Å². The summed E-state index contributed by atoms with van der Waals surface area (Å²) < 4.78 is 0. The molecule has 18 heavy (non-hydrogen) atoms. The highest BCUT2D eigenvalue weighted by Gasteiger charge is 2.11. The third-order valence-corrected chi connectivity index (χ3v) is 3.63. The third kappa shape index (κ3) is 2.83. The zero-order valence-electron chi connectivity index (χ0n) is 9.77. The molecule has 0 atom stereocenters. The number of aromatic nitrogens is 1. The van der Waals surface area contributed by atoms with Gasteiger partial charge in [0.05, 0.1) is 5.56 Å². The summed E-state index contributed by atoms with van der Waals surface area (Å²) in [5, 5.41) is 9.03. The molecule has 1 aromatic heterocycles. The molecule has 0 saturated carbocycles. The van der Waals surface area contributed by atoms with E-state index in [-0.39, 0.29) is 5.84 Å². The Morgan fingerprint density at radius 1 is 1.39 bits per heavy atom. The average molecular weight is 278 g/mol. The highest BCUT2D eigenvalue weighted by atomic mass is 35.5. The Morgan fingerprint density at radius 2 is 2.17 bits per heavy atom. The van der Waals surface area contributed by atoms with Crippen molar-refractivity contribution in [2.45, 2.75) is 16.8 Å². The summed E-state index contributed by atoms with van der Waals surface area (Å²) in [5.41, 5.74) is 7.23. The Labute approximate surface area is 115 Å². The second kappa shape index (κ2) is 5.42. The number of nitrogens with two attached hydrogens (primary N) is 1. The van der Waals surface area contributed by atoms with Crippen LogP contribution < -0.4 is 5.73 Å². The zero-order chi connectivity index (χ0) is 13.1. The molecule has 0 fully saturated rings. The van der Waals surface area contributed by atoms with E-state index in [2.05, 4.69) is 4.98 Å². The minimum atomic E-state index is 0.0325. The van der Waals surface area contributed by atoms with E-state index in [1.54, 1.807) is 6.20 Å². The van der Waals surface area contributed by atoms with Crippen LogP contribution in [0.1, 0.15) is 11.1 Å². The summed E-state index contributed by atoms with van der Waals surface area (Å²) >= 11 is 7.40. The highest BCUT2D eigenvalue weighted by Crippen LogP contribution is 2.31. The first-order valence-corrected chi connectivity index (χ1v) is 6.51. The van der Waals surface area contributed by atoms with Crippen molar-refractivity contribution in [2.24, 2.45) is 5.73 Å². The third-order valence-electron chi connectivity index (χ3n) is 2.40. The van der Waals surface area contributed by atoms with Crippen molar-refractivity contribution in [1.29, 1.82) is 5.41 Å². The van der Waals surface area contributed by atoms with Gasteiger partial charge in [-0.1, -0.05) is 29.4 Å². The van der Waals surface area contributed by atoms with Gasteiger partial charge in [-0.2, -0.15) is 0 Å². The first-order valence-electron chi connectivity index (χ1n) is 5.31. The van der Waals surface area contributed by atoms with Crippen LogP contribution in [0.3, 0.4) is 0 Å². The maximum absolute atomic E-state index is 7.62. The van der Waals surface area contributed by atoms with Gasteiger partial charge in [-0.05, 0) is 36.8 Å². The van der Waals surface area contributed by atoms with Crippen molar-refractivity contribution in [3.63, 3.8) is 0 Å². The maximum Gasteiger partial charge on any atom is 0.125 e. The molecule has 0 radical (unpaired) electrons. The molecule has 0 amide bonds. The van der Waals surface area contributed by atoms with Gasteiger partial charge in [-0.25, -0.2) is 4.98 Å². The van der Waals surface area contributed by atoms with E-state index < -0.39 is 0 Å². The quantitative estimate of drug-likeness (QED) is 0.667. The smallest absolute Gasteiger partial charge is 0.125 e. The lowest BCUT2D eigenvalue weighted by atomic mass is 10.1. The van der Waals surface area contributed by atoms with E-state index >= 15 is 0 Å². The van der Waals surface area contributed by atoms with Crippen LogP contribution in [0.5, 0.6) is 0 Å².